The number of hydrogen-bond acceptors (Lipinski definition) is 4. The van der Waals surface area contributed by atoms with Crippen molar-refractivity contribution < 1.29 is 13.9 Å². The summed E-state index contributed by atoms with van der Waals surface area (Å²) in [5.74, 6) is -0.0610. The van der Waals surface area contributed by atoms with Gasteiger partial charge in [0.05, 0.1) is 17.2 Å². The number of amides is 1. The molecule has 0 saturated heterocycles. The average Bonchev–Trinajstić information content (AvgIpc) is 2.90. The van der Waals surface area contributed by atoms with Gasteiger partial charge in [-0.05, 0) is 37.6 Å². The lowest BCUT2D eigenvalue weighted by Crippen LogP contribution is -2.37. The Balaban J connectivity index is 1.90. The van der Waals surface area contributed by atoms with Gasteiger partial charge in [0.15, 0.2) is 6.10 Å². The second kappa shape index (κ2) is 7.17. The van der Waals surface area contributed by atoms with Crippen LogP contribution in [0.25, 0.3) is 0 Å². The molecule has 0 aliphatic carbocycles. The quantitative estimate of drug-likeness (QED) is 0.892. The summed E-state index contributed by atoms with van der Waals surface area (Å²) in [6, 6.07) is 5.63. The molecule has 0 aliphatic heterocycles. The molecule has 1 N–H and O–H groups in total. The zero-order chi connectivity index (χ0) is 15.2. The molecule has 4 nitrogen and oxygen atoms in total. The lowest BCUT2D eigenvalue weighted by molar-refractivity contribution is -0.128. The van der Waals surface area contributed by atoms with Gasteiger partial charge in [0, 0.05) is 5.38 Å². The summed E-state index contributed by atoms with van der Waals surface area (Å²) in [6.45, 7) is 4.16. The van der Waals surface area contributed by atoms with Gasteiger partial charge in [-0.3, -0.25) is 4.79 Å². The molecule has 2 rings (SSSR count). The summed E-state index contributed by atoms with van der Waals surface area (Å²) < 4.78 is 18.4. The minimum atomic E-state index is -0.602. The van der Waals surface area contributed by atoms with E-state index in [0.29, 0.717) is 18.7 Å². The van der Waals surface area contributed by atoms with E-state index in [1.54, 1.807) is 11.3 Å². The summed E-state index contributed by atoms with van der Waals surface area (Å²) in [4.78, 5) is 16.4. The van der Waals surface area contributed by atoms with Crippen LogP contribution < -0.4 is 10.1 Å². The van der Waals surface area contributed by atoms with Gasteiger partial charge in [0.25, 0.3) is 5.91 Å². The number of nitrogens with zero attached hydrogens (tertiary/aromatic N) is 1. The van der Waals surface area contributed by atoms with Crippen molar-refractivity contribution in [2.75, 3.05) is 0 Å². The highest BCUT2D eigenvalue weighted by Crippen LogP contribution is 2.14. The van der Waals surface area contributed by atoms with E-state index in [4.69, 9.17) is 4.74 Å². The molecule has 21 heavy (non-hydrogen) atoms. The van der Waals surface area contributed by atoms with Gasteiger partial charge in [-0.25, -0.2) is 9.37 Å². The maximum Gasteiger partial charge on any atom is 0.261 e. The number of rotatable bonds is 6. The number of halogens is 1. The fourth-order valence-electron chi connectivity index (χ4n) is 1.78. The standard InChI is InChI=1S/C15H17FN2O2S/c1-3-14(20-13-6-4-11(16)5-7-13)15(19)17-8-12-9-21-10(2)18-12/h4-7,9,14H,3,8H2,1-2H3,(H,17,19)/t14-/m0/s1. The molecule has 0 saturated carbocycles. The van der Waals surface area contributed by atoms with Crippen molar-refractivity contribution in [2.24, 2.45) is 0 Å². The van der Waals surface area contributed by atoms with E-state index >= 15 is 0 Å². The molecule has 6 heteroatoms. The molecular weight excluding hydrogens is 291 g/mol. The van der Waals surface area contributed by atoms with E-state index in [1.807, 2.05) is 19.2 Å². The number of carbonyl (C=O) groups is 1. The monoisotopic (exact) mass is 308 g/mol. The van der Waals surface area contributed by atoms with Gasteiger partial charge in [0.1, 0.15) is 11.6 Å². The summed E-state index contributed by atoms with van der Waals surface area (Å²) >= 11 is 1.55. The van der Waals surface area contributed by atoms with Crippen LogP contribution in [0.15, 0.2) is 29.6 Å². The maximum atomic E-state index is 12.8. The van der Waals surface area contributed by atoms with Crippen LogP contribution in [0.5, 0.6) is 5.75 Å². The molecule has 1 amide bonds. The van der Waals surface area contributed by atoms with Crippen molar-refractivity contribution in [1.29, 1.82) is 0 Å². The average molecular weight is 308 g/mol. The number of carbonyl (C=O) groups excluding carboxylic acids is 1. The van der Waals surface area contributed by atoms with E-state index in [9.17, 15) is 9.18 Å². The van der Waals surface area contributed by atoms with Gasteiger partial charge in [0.2, 0.25) is 0 Å². The third-order valence-corrected chi connectivity index (χ3v) is 3.69. The molecule has 2 aromatic rings. The largest absolute Gasteiger partial charge is 0.481 e. The van der Waals surface area contributed by atoms with E-state index in [1.165, 1.54) is 24.3 Å². The van der Waals surface area contributed by atoms with Crippen molar-refractivity contribution in [3.05, 3.63) is 46.2 Å². The van der Waals surface area contributed by atoms with Crippen LogP contribution in [0.3, 0.4) is 0 Å². The fourth-order valence-corrected chi connectivity index (χ4v) is 2.39. The van der Waals surface area contributed by atoms with Crippen molar-refractivity contribution in [1.82, 2.24) is 10.3 Å². The van der Waals surface area contributed by atoms with E-state index in [-0.39, 0.29) is 11.7 Å². The first-order chi connectivity index (χ1) is 10.1. The van der Waals surface area contributed by atoms with E-state index < -0.39 is 6.10 Å². The minimum absolute atomic E-state index is 0.201. The van der Waals surface area contributed by atoms with Crippen LogP contribution in [0.2, 0.25) is 0 Å². The highest BCUT2D eigenvalue weighted by atomic mass is 32.1. The zero-order valence-corrected chi connectivity index (χ0v) is 12.7. The Morgan fingerprint density at radius 3 is 2.71 bits per heavy atom. The highest BCUT2D eigenvalue weighted by Gasteiger charge is 2.18. The SMILES string of the molecule is CC[C@H](Oc1ccc(F)cc1)C(=O)NCc1csc(C)n1. The van der Waals surface area contributed by atoms with Crippen LogP contribution >= 0.6 is 11.3 Å². The fraction of sp³-hybridized carbons (Fsp3) is 0.333. The molecule has 0 radical (unpaired) electrons. The maximum absolute atomic E-state index is 12.8. The lowest BCUT2D eigenvalue weighted by Gasteiger charge is -2.16. The number of nitrogens with one attached hydrogen (secondary N) is 1. The molecule has 0 fully saturated rings. The molecule has 0 spiro atoms. The smallest absolute Gasteiger partial charge is 0.261 e. The molecule has 1 aromatic carbocycles. The third-order valence-electron chi connectivity index (χ3n) is 2.87. The van der Waals surface area contributed by atoms with Gasteiger partial charge in [-0.15, -0.1) is 11.3 Å². The second-order valence-corrected chi connectivity index (χ2v) is 5.61. The topological polar surface area (TPSA) is 51.2 Å². The molecule has 1 atom stereocenters. The van der Waals surface area contributed by atoms with E-state index in [2.05, 4.69) is 10.3 Å². The molecule has 1 heterocycles. The Morgan fingerprint density at radius 1 is 1.43 bits per heavy atom. The Labute approximate surface area is 127 Å². The molecular formula is C15H17FN2O2S. The summed E-state index contributed by atoms with van der Waals surface area (Å²) in [7, 11) is 0. The van der Waals surface area contributed by atoms with E-state index in [0.717, 1.165) is 10.7 Å². The van der Waals surface area contributed by atoms with Crippen molar-refractivity contribution in [2.45, 2.75) is 32.9 Å². The highest BCUT2D eigenvalue weighted by molar-refractivity contribution is 7.09. The Kier molecular flexibility index (Phi) is 5.27. The van der Waals surface area contributed by atoms with Crippen molar-refractivity contribution in [3.63, 3.8) is 0 Å². The lowest BCUT2D eigenvalue weighted by atomic mass is 10.2. The van der Waals surface area contributed by atoms with Crippen molar-refractivity contribution >= 4 is 17.2 Å². The summed E-state index contributed by atoms with van der Waals surface area (Å²) in [6.07, 6.45) is -0.0746. The second-order valence-electron chi connectivity index (χ2n) is 4.54. The van der Waals surface area contributed by atoms with Crippen LogP contribution in [0.1, 0.15) is 24.0 Å². The third kappa shape index (κ3) is 4.53. The van der Waals surface area contributed by atoms with Gasteiger partial charge >= 0.3 is 0 Å². The molecule has 0 unspecified atom stereocenters. The first kappa shape index (κ1) is 15.4. The first-order valence-corrected chi connectivity index (χ1v) is 7.57. The molecule has 1 aromatic heterocycles. The Hall–Kier alpha value is -1.95. The number of aromatic nitrogens is 1. The zero-order valence-electron chi connectivity index (χ0n) is 11.9. The number of hydrogen-bond donors (Lipinski definition) is 1. The van der Waals surface area contributed by atoms with Crippen LogP contribution in [-0.4, -0.2) is 17.0 Å². The number of benzene rings is 1. The predicted molar refractivity (Wildman–Crippen MR) is 79.8 cm³/mol. The number of aryl methyl sites for hydroxylation is 1. The molecule has 0 bridgehead atoms. The minimum Gasteiger partial charge on any atom is -0.481 e. The van der Waals surface area contributed by atoms with Gasteiger partial charge < -0.3 is 10.1 Å². The summed E-state index contributed by atoms with van der Waals surface area (Å²) in [5, 5.41) is 5.68. The summed E-state index contributed by atoms with van der Waals surface area (Å²) in [5.41, 5.74) is 0.836. The van der Waals surface area contributed by atoms with Gasteiger partial charge in [-0.1, -0.05) is 6.92 Å². The van der Waals surface area contributed by atoms with Crippen LogP contribution in [0.4, 0.5) is 4.39 Å². The molecule has 112 valence electrons. The normalized spacial score (nSPS) is 12.0. The van der Waals surface area contributed by atoms with Gasteiger partial charge in [-0.2, -0.15) is 0 Å². The number of ether oxygens (including phenoxy) is 1. The number of thiazole rings is 1. The van der Waals surface area contributed by atoms with Crippen molar-refractivity contribution in [3.8, 4) is 5.75 Å². The molecule has 0 aliphatic rings. The predicted octanol–water partition coefficient (Wildman–Crippen LogP) is 3.06. The van der Waals surface area contributed by atoms with Crippen LogP contribution in [-0.2, 0) is 11.3 Å². The Morgan fingerprint density at radius 2 is 2.14 bits per heavy atom. The Bertz CT molecular complexity index is 598. The van der Waals surface area contributed by atoms with Crippen LogP contribution in [0, 0.1) is 12.7 Å². The first-order valence-electron chi connectivity index (χ1n) is 6.69.